The number of amides is 1. The van der Waals surface area contributed by atoms with Crippen molar-refractivity contribution in [2.45, 2.75) is 0 Å². The molecule has 2 aliphatic heterocycles. The fraction of sp³-hybridized carbons (Fsp3) is 0.200. The van der Waals surface area contributed by atoms with E-state index in [0.717, 1.165) is 37.6 Å². The number of aliphatic imine (C=N–C) groups is 1. The van der Waals surface area contributed by atoms with Crippen LogP contribution in [0.25, 0.3) is 6.08 Å². The predicted octanol–water partition coefficient (Wildman–Crippen LogP) is 4.72. The number of morpholine rings is 1. The van der Waals surface area contributed by atoms with E-state index in [-0.39, 0.29) is 5.91 Å². The van der Waals surface area contributed by atoms with Crippen molar-refractivity contribution >= 4 is 63.5 Å². The van der Waals surface area contributed by atoms with Gasteiger partial charge in [-0.3, -0.25) is 4.79 Å². The highest BCUT2D eigenvalue weighted by Gasteiger charge is 2.24. The van der Waals surface area contributed by atoms with Crippen molar-refractivity contribution in [3.8, 4) is 0 Å². The number of amidine groups is 1. The van der Waals surface area contributed by atoms with Gasteiger partial charge < -0.3 is 15.0 Å². The number of carbonyl (C=O) groups excluding carboxylic acids is 1. The summed E-state index contributed by atoms with van der Waals surface area (Å²) < 4.78 is 5.39. The Morgan fingerprint density at radius 2 is 1.82 bits per heavy atom. The number of anilines is 1. The SMILES string of the molecule is O=C1NC(=Nc2ccc(Cl)c(Cl)c2)S/C1=C\c1ccc(N2CCOCC2)cc1. The van der Waals surface area contributed by atoms with Gasteiger partial charge in [-0.2, -0.15) is 0 Å². The molecule has 0 aliphatic carbocycles. The molecule has 0 aromatic heterocycles. The van der Waals surface area contributed by atoms with Crippen molar-refractivity contribution in [2.24, 2.45) is 4.99 Å². The van der Waals surface area contributed by atoms with E-state index in [9.17, 15) is 4.79 Å². The van der Waals surface area contributed by atoms with E-state index in [4.69, 9.17) is 27.9 Å². The molecule has 0 bridgehead atoms. The van der Waals surface area contributed by atoms with Crippen LogP contribution in [0.15, 0.2) is 52.4 Å². The topological polar surface area (TPSA) is 53.9 Å². The average Bonchev–Trinajstić information content (AvgIpc) is 3.05. The van der Waals surface area contributed by atoms with Crippen molar-refractivity contribution in [3.05, 3.63) is 63.0 Å². The van der Waals surface area contributed by atoms with Gasteiger partial charge in [-0.05, 0) is 53.7 Å². The van der Waals surface area contributed by atoms with Gasteiger partial charge in [0.2, 0.25) is 0 Å². The predicted molar refractivity (Wildman–Crippen MR) is 117 cm³/mol. The van der Waals surface area contributed by atoms with Gasteiger partial charge in [0, 0.05) is 18.8 Å². The molecular weight excluding hydrogens is 417 g/mol. The van der Waals surface area contributed by atoms with Gasteiger partial charge in [-0.1, -0.05) is 35.3 Å². The number of thioether (sulfide) groups is 1. The van der Waals surface area contributed by atoms with Gasteiger partial charge in [-0.15, -0.1) is 0 Å². The molecule has 2 fully saturated rings. The molecule has 2 saturated heterocycles. The maximum absolute atomic E-state index is 12.3. The molecule has 2 aliphatic rings. The Labute approximate surface area is 177 Å². The minimum atomic E-state index is -0.166. The fourth-order valence-electron chi connectivity index (χ4n) is 2.91. The van der Waals surface area contributed by atoms with Crippen LogP contribution >= 0.6 is 35.0 Å². The lowest BCUT2D eigenvalue weighted by Gasteiger charge is -2.28. The third-order valence-electron chi connectivity index (χ3n) is 4.35. The maximum Gasteiger partial charge on any atom is 0.264 e. The lowest BCUT2D eigenvalue weighted by Crippen LogP contribution is -2.36. The van der Waals surface area contributed by atoms with Crippen molar-refractivity contribution < 1.29 is 9.53 Å². The molecule has 0 atom stereocenters. The van der Waals surface area contributed by atoms with Crippen LogP contribution in [-0.2, 0) is 9.53 Å². The summed E-state index contributed by atoms with van der Waals surface area (Å²) in [7, 11) is 0. The first-order valence-electron chi connectivity index (χ1n) is 8.76. The number of hydrogen-bond donors (Lipinski definition) is 1. The van der Waals surface area contributed by atoms with Crippen LogP contribution < -0.4 is 10.2 Å². The highest BCUT2D eigenvalue weighted by molar-refractivity contribution is 8.18. The molecule has 2 heterocycles. The highest BCUT2D eigenvalue weighted by atomic mass is 35.5. The van der Waals surface area contributed by atoms with E-state index in [1.165, 1.54) is 11.8 Å². The van der Waals surface area contributed by atoms with Crippen molar-refractivity contribution in [1.82, 2.24) is 5.32 Å². The summed E-state index contributed by atoms with van der Waals surface area (Å²) in [5, 5.41) is 4.18. The van der Waals surface area contributed by atoms with Crippen LogP contribution in [0.3, 0.4) is 0 Å². The molecule has 28 heavy (non-hydrogen) atoms. The van der Waals surface area contributed by atoms with E-state index < -0.39 is 0 Å². The summed E-state index contributed by atoms with van der Waals surface area (Å²) in [6.45, 7) is 3.30. The van der Waals surface area contributed by atoms with Crippen LogP contribution in [-0.4, -0.2) is 37.4 Å². The second-order valence-electron chi connectivity index (χ2n) is 6.27. The summed E-state index contributed by atoms with van der Waals surface area (Å²) in [6.07, 6.45) is 1.86. The molecule has 4 rings (SSSR count). The van der Waals surface area contributed by atoms with Crippen LogP contribution in [0, 0.1) is 0 Å². The first kappa shape index (κ1) is 19.3. The Bertz CT molecular complexity index is 954. The van der Waals surface area contributed by atoms with Crippen molar-refractivity contribution in [3.63, 3.8) is 0 Å². The molecule has 2 aromatic rings. The van der Waals surface area contributed by atoms with E-state index in [0.29, 0.717) is 25.8 Å². The van der Waals surface area contributed by atoms with Gasteiger partial charge >= 0.3 is 0 Å². The molecule has 2 aromatic carbocycles. The van der Waals surface area contributed by atoms with Gasteiger partial charge in [0.1, 0.15) is 0 Å². The molecule has 0 unspecified atom stereocenters. The number of rotatable bonds is 3. The molecule has 0 saturated carbocycles. The molecule has 144 valence electrons. The number of hydrogen-bond acceptors (Lipinski definition) is 5. The number of nitrogens with one attached hydrogen (secondary N) is 1. The van der Waals surface area contributed by atoms with Gasteiger partial charge in [0.25, 0.3) is 5.91 Å². The second kappa shape index (κ2) is 8.57. The van der Waals surface area contributed by atoms with Gasteiger partial charge in [0.15, 0.2) is 5.17 Å². The van der Waals surface area contributed by atoms with E-state index >= 15 is 0 Å². The Morgan fingerprint density at radius 1 is 1.07 bits per heavy atom. The number of carbonyl (C=O) groups is 1. The summed E-state index contributed by atoms with van der Waals surface area (Å²) in [4.78, 5) is 19.6. The molecule has 0 spiro atoms. The number of halogens is 2. The minimum absolute atomic E-state index is 0.166. The highest BCUT2D eigenvalue weighted by Crippen LogP contribution is 2.31. The lowest BCUT2D eigenvalue weighted by atomic mass is 10.1. The zero-order chi connectivity index (χ0) is 19.5. The fourth-order valence-corrected chi connectivity index (χ4v) is 4.04. The van der Waals surface area contributed by atoms with Crippen LogP contribution in [0.1, 0.15) is 5.56 Å². The van der Waals surface area contributed by atoms with E-state index in [2.05, 4.69) is 27.3 Å². The summed E-state index contributed by atoms with van der Waals surface area (Å²) in [5.74, 6) is -0.166. The number of benzene rings is 2. The summed E-state index contributed by atoms with van der Waals surface area (Å²) in [5.41, 5.74) is 2.76. The van der Waals surface area contributed by atoms with E-state index in [1.807, 2.05) is 18.2 Å². The Morgan fingerprint density at radius 3 is 2.54 bits per heavy atom. The second-order valence-corrected chi connectivity index (χ2v) is 8.12. The Balaban J connectivity index is 1.48. The average molecular weight is 434 g/mol. The van der Waals surface area contributed by atoms with E-state index in [1.54, 1.807) is 18.2 Å². The maximum atomic E-state index is 12.3. The Kier molecular flexibility index (Phi) is 5.92. The van der Waals surface area contributed by atoms with Gasteiger partial charge in [-0.25, -0.2) is 4.99 Å². The zero-order valence-corrected chi connectivity index (χ0v) is 17.2. The van der Waals surface area contributed by atoms with Gasteiger partial charge in [0.05, 0.1) is 33.9 Å². The third-order valence-corrected chi connectivity index (χ3v) is 6.00. The number of nitrogens with zero attached hydrogens (tertiary/aromatic N) is 2. The molecule has 5 nitrogen and oxygen atoms in total. The minimum Gasteiger partial charge on any atom is -0.378 e. The van der Waals surface area contributed by atoms with Crippen LogP contribution in [0.5, 0.6) is 0 Å². The first-order chi connectivity index (χ1) is 13.6. The largest absolute Gasteiger partial charge is 0.378 e. The molecular formula is C20H17Cl2N3O2S. The smallest absolute Gasteiger partial charge is 0.264 e. The molecule has 8 heteroatoms. The lowest BCUT2D eigenvalue weighted by molar-refractivity contribution is -0.115. The standard InChI is InChI=1S/C20H17Cl2N3O2S/c21-16-6-3-14(12-17(16)22)23-20-24-19(26)18(28-20)11-13-1-4-15(5-2-13)25-7-9-27-10-8-25/h1-6,11-12H,7-10H2,(H,23,24,26)/b18-11-. The third kappa shape index (κ3) is 4.52. The summed E-state index contributed by atoms with van der Waals surface area (Å²) in [6, 6.07) is 13.3. The zero-order valence-electron chi connectivity index (χ0n) is 14.8. The normalized spacial score (nSPS) is 20.1. The molecule has 1 amide bonds. The number of ether oxygens (including phenoxy) is 1. The summed E-state index contributed by atoms with van der Waals surface area (Å²) >= 11 is 13.2. The molecule has 0 radical (unpaired) electrons. The van der Waals surface area contributed by atoms with Crippen LogP contribution in [0.4, 0.5) is 11.4 Å². The van der Waals surface area contributed by atoms with Crippen molar-refractivity contribution in [1.29, 1.82) is 0 Å². The van der Waals surface area contributed by atoms with Crippen molar-refractivity contribution in [2.75, 3.05) is 31.2 Å². The monoisotopic (exact) mass is 433 g/mol. The molecule has 1 N–H and O–H groups in total. The van der Waals surface area contributed by atoms with Crippen LogP contribution in [0.2, 0.25) is 10.0 Å². The first-order valence-corrected chi connectivity index (χ1v) is 10.3. The Hall–Kier alpha value is -1.99. The quantitative estimate of drug-likeness (QED) is 0.711.